The average molecular weight is 262 g/mol. The normalized spacial score (nSPS) is 27.2. The number of carbonyl (C=O) groups is 1. The van der Waals surface area contributed by atoms with Gasteiger partial charge in [0.25, 0.3) is 0 Å². The van der Waals surface area contributed by atoms with Crippen LogP contribution < -0.4 is 5.32 Å². The fourth-order valence-corrected chi connectivity index (χ4v) is 3.02. The Labute approximate surface area is 114 Å². The molecular weight excluding hydrogens is 240 g/mol. The minimum Gasteiger partial charge on any atom is -0.478 e. The first-order chi connectivity index (χ1) is 9.04. The largest absolute Gasteiger partial charge is 0.478 e. The summed E-state index contributed by atoms with van der Waals surface area (Å²) in [5.74, 6) is 0.633. The van der Waals surface area contributed by atoms with Gasteiger partial charge >= 0.3 is 5.97 Å². The summed E-state index contributed by atoms with van der Waals surface area (Å²) in [7, 11) is 0. The molecule has 1 aromatic heterocycles. The van der Waals surface area contributed by atoms with E-state index in [0.29, 0.717) is 12.6 Å². The SMILES string of the molecule is CC1CC(C)CC(NCc2ccc(C(=O)O)cn2)C1. The highest BCUT2D eigenvalue weighted by Crippen LogP contribution is 2.28. The number of nitrogens with one attached hydrogen (secondary N) is 1. The highest BCUT2D eigenvalue weighted by Gasteiger charge is 2.23. The zero-order valence-corrected chi connectivity index (χ0v) is 11.6. The van der Waals surface area contributed by atoms with E-state index in [1.807, 2.05) is 0 Å². The molecule has 104 valence electrons. The molecule has 0 aromatic carbocycles. The Kier molecular flexibility index (Phi) is 4.53. The Balaban J connectivity index is 1.86. The Bertz CT molecular complexity index is 420. The van der Waals surface area contributed by atoms with Crippen LogP contribution >= 0.6 is 0 Å². The third-order valence-corrected chi connectivity index (χ3v) is 3.82. The van der Waals surface area contributed by atoms with Crippen molar-refractivity contribution in [3.05, 3.63) is 29.6 Å². The molecule has 0 radical (unpaired) electrons. The second-order valence-corrected chi connectivity index (χ2v) is 5.84. The lowest BCUT2D eigenvalue weighted by atomic mass is 9.80. The van der Waals surface area contributed by atoms with Crippen LogP contribution in [0.1, 0.15) is 49.2 Å². The minimum atomic E-state index is -0.929. The highest BCUT2D eigenvalue weighted by molar-refractivity contribution is 5.87. The van der Waals surface area contributed by atoms with E-state index in [2.05, 4.69) is 24.1 Å². The van der Waals surface area contributed by atoms with Gasteiger partial charge in [-0.25, -0.2) is 4.79 Å². The highest BCUT2D eigenvalue weighted by atomic mass is 16.4. The number of aromatic nitrogens is 1. The Hall–Kier alpha value is -1.42. The molecule has 1 aliphatic carbocycles. The minimum absolute atomic E-state index is 0.240. The van der Waals surface area contributed by atoms with E-state index in [0.717, 1.165) is 17.5 Å². The van der Waals surface area contributed by atoms with Crippen LogP contribution in [0.15, 0.2) is 18.3 Å². The van der Waals surface area contributed by atoms with Gasteiger partial charge < -0.3 is 10.4 Å². The summed E-state index contributed by atoms with van der Waals surface area (Å²) >= 11 is 0. The number of hydrogen-bond acceptors (Lipinski definition) is 3. The first kappa shape index (κ1) is 14.0. The lowest BCUT2D eigenvalue weighted by Crippen LogP contribution is -2.36. The molecule has 1 heterocycles. The molecule has 1 aromatic rings. The quantitative estimate of drug-likeness (QED) is 0.875. The van der Waals surface area contributed by atoms with Gasteiger partial charge in [0.15, 0.2) is 0 Å². The van der Waals surface area contributed by atoms with Gasteiger partial charge in [-0.3, -0.25) is 4.98 Å². The van der Waals surface area contributed by atoms with Crippen LogP contribution in [0.2, 0.25) is 0 Å². The number of rotatable bonds is 4. The van der Waals surface area contributed by atoms with Crippen molar-refractivity contribution in [2.45, 2.75) is 45.7 Å². The molecular formula is C15H22N2O2. The maximum Gasteiger partial charge on any atom is 0.337 e. The van der Waals surface area contributed by atoms with Crippen LogP contribution in [0, 0.1) is 11.8 Å². The fraction of sp³-hybridized carbons (Fsp3) is 0.600. The van der Waals surface area contributed by atoms with E-state index >= 15 is 0 Å². The van der Waals surface area contributed by atoms with Crippen LogP contribution in [-0.2, 0) is 6.54 Å². The van der Waals surface area contributed by atoms with E-state index < -0.39 is 5.97 Å². The molecule has 1 saturated carbocycles. The zero-order chi connectivity index (χ0) is 13.8. The van der Waals surface area contributed by atoms with E-state index in [1.165, 1.54) is 25.5 Å². The molecule has 0 saturated heterocycles. The summed E-state index contributed by atoms with van der Waals surface area (Å²) in [6, 6.07) is 3.95. The Morgan fingerprint density at radius 1 is 1.32 bits per heavy atom. The number of aromatic carboxylic acids is 1. The van der Waals surface area contributed by atoms with Crippen LogP contribution in [0.4, 0.5) is 0 Å². The first-order valence-corrected chi connectivity index (χ1v) is 6.96. The van der Waals surface area contributed by atoms with E-state index in [-0.39, 0.29) is 5.56 Å². The number of hydrogen-bond donors (Lipinski definition) is 2. The van der Waals surface area contributed by atoms with Gasteiger partial charge in [0.1, 0.15) is 0 Å². The predicted molar refractivity (Wildman–Crippen MR) is 74.0 cm³/mol. The summed E-state index contributed by atoms with van der Waals surface area (Å²) in [6.45, 7) is 5.33. The third-order valence-electron chi connectivity index (χ3n) is 3.82. The summed E-state index contributed by atoms with van der Waals surface area (Å²) in [5.41, 5.74) is 1.14. The maximum atomic E-state index is 10.7. The second kappa shape index (κ2) is 6.15. The summed E-state index contributed by atoms with van der Waals surface area (Å²) in [5, 5.41) is 12.3. The topological polar surface area (TPSA) is 62.2 Å². The standard InChI is InChI=1S/C15H22N2O2/c1-10-5-11(2)7-14(6-10)17-9-13-4-3-12(8-16-13)15(18)19/h3-4,8,10-11,14,17H,5-7,9H2,1-2H3,(H,18,19). The maximum absolute atomic E-state index is 10.7. The van der Waals surface area contributed by atoms with Crippen LogP contribution in [0.5, 0.6) is 0 Å². The van der Waals surface area contributed by atoms with E-state index in [4.69, 9.17) is 5.11 Å². The molecule has 2 N–H and O–H groups in total. The molecule has 0 bridgehead atoms. The monoisotopic (exact) mass is 262 g/mol. The van der Waals surface area contributed by atoms with Crippen molar-refractivity contribution in [2.24, 2.45) is 11.8 Å². The molecule has 4 nitrogen and oxygen atoms in total. The van der Waals surface area contributed by atoms with Crippen LogP contribution in [0.3, 0.4) is 0 Å². The number of carboxylic acid groups (broad SMARTS) is 1. The van der Waals surface area contributed by atoms with Gasteiger partial charge in [-0.1, -0.05) is 13.8 Å². The molecule has 1 fully saturated rings. The number of nitrogens with zero attached hydrogens (tertiary/aromatic N) is 1. The Morgan fingerprint density at radius 2 is 2.00 bits per heavy atom. The van der Waals surface area contributed by atoms with Crippen molar-refractivity contribution in [3.8, 4) is 0 Å². The second-order valence-electron chi connectivity index (χ2n) is 5.84. The average Bonchev–Trinajstić information content (AvgIpc) is 2.36. The summed E-state index contributed by atoms with van der Waals surface area (Å²) < 4.78 is 0. The number of pyridine rings is 1. The molecule has 2 atom stereocenters. The molecule has 2 unspecified atom stereocenters. The number of carboxylic acids is 1. The van der Waals surface area contributed by atoms with Crippen molar-refractivity contribution in [1.29, 1.82) is 0 Å². The first-order valence-electron chi connectivity index (χ1n) is 6.96. The van der Waals surface area contributed by atoms with Gasteiger partial charge in [0.05, 0.1) is 11.3 Å². The lowest BCUT2D eigenvalue weighted by Gasteiger charge is -2.32. The van der Waals surface area contributed by atoms with Gasteiger partial charge in [-0.05, 0) is 43.2 Å². The molecule has 0 spiro atoms. The summed E-state index contributed by atoms with van der Waals surface area (Å²) in [6.07, 6.45) is 5.18. The van der Waals surface area contributed by atoms with Crippen molar-refractivity contribution in [2.75, 3.05) is 0 Å². The molecule has 0 amide bonds. The predicted octanol–water partition coefficient (Wildman–Crippen LogP) is 2.69. The van der Waals surface area contributed by atoms with E-state index in [9.17, 15) is 4.79 Å². The van der Waals surface area contributed by atoms with Gasteiger partial charge in [0.2, 0.25) is 0 Å². The van der Waals surface area contributed by atoms with Gasteiger partial charge in [-0.2, -0.15) is 0 Å². The fourth-order valence-electron chi connectivity index (χ4n) is 3.02. The van der Waals surface area contributed by atoms with Crippen molar-refractivity contribution < 1.29 is 9.90 Å². The molecule has 19 heavy (non-hydrogen) atoms. The van der Waals surface area contributed by atoms with Crippen molar-refractivity contribution >= 4 is 5.97 Å². The van der Waals surface area contributed by atoms with Crippen LogP contribution in [-0.4, -0.2) is 22.1 Å². The van der Waals surface area contributed by atoms with Crippen molar-refractivity contribution in [3.63, 3.8) is 0 Å². The molecule has 0 aliphatic heterocycles. The summed E-state index contributed by atoms with van der Waals surface area (Å²) in [4.78, 5) is 14.9. The zero-order valence-electron chi connectivity index (χ0n) is 11.6. The van der Waals surface area contributed by atoms with Crippen molar-refractivity contribution in [1.82, 2.24) is 10.3 Å². The third kappa shape index (κ3) is 4.03. The molecule has 4 heteroatoms. The van der Waals surface area contributed by atoms with E-state index in [1.54, 1.807) is 12.1 Å². The molecule has 1 aliphatic rings. The molecule has 2 rings (SSSR count). The van der Waals surface area contributed by atoms with Gasteiger partial charge in [-0.15, -0.1) is 0 Å². The lowest BCUT2D eigenvalue weighted by molar-refractivity contribution is 0.0696. The van der Waals surface area contributed by atoms with Crippen LogP contribution in [0.25, 0.3) is 0 Å². The van der Waals surface area contributed by atoms with Gasteiger partial charge in [0, 0.05) is 18.8 Å². The Morgan fingerprint density at radius 3 is 2.53 bits per heavy atom. The smallest absolute Gasteiger partial charge is 0.337 e.